The fourth-order valence-electron chi connectivity index (χ4n) is 3.52. The van der Waals surface area contributed by atoms with Crippen LogP contribution in [-0.2, 0) is 11.2 Å². The first kappa shape index (κ1) is 14.4. The summed E-state index contributed by atoms with van der Waals surface area (Å²) in [6, 6.07) is 8.34. The number of amides is 1. The van der Waals surface area contributed by atoms with Crippen LogP contribution in [0, 0.1) is 11.3 Å². The quantitative estimate of drug-likeness (QED) is 0.859. The van der Waals surface area contributed by atoms with E-state index in [1.807, 2.05) is 6.07 Å². The van der Waals surface area contributed by atoms with Crippen molar-refractivity contribution in [2.75, 3.05) is 25.0 Å². The minimum atomic E-state index is 0.0983. The first-order chi connectivity index (χ1) is 10.1. The van der Waals surface area contributed by atoms with E-state index in [9.17, 15) is 4.79 Å². The third-order valence-corrected chi connectivity index (χ3v) is 5.02. The van der Waals surface area contributed by atoms with Crippen LogP contribution in [0.2, 0.25) is 0 Å². The number of nitrogens with one attached hydrogen (secondary N) is 1. The van der Waals surface area contributed by atoms with Crippen molar-refractivity contribution in [3.05, 3.63) is 29.8 Å². The Kier molecular flexibility index (Phi) is 3.92. The lowest BCUT2D eigenvalue weighted by Crippen LogP contribution is -2.42. The molecule has 1 aromatic carbocycles. The summed E-state index contributed by atoms with van der Waals surface area (Å²) in [5.41, 5.74) is 2.85. The van der Waals surface area contributed by atoms with Crippen LogP contribution in [0.4, 0.5) is 5.69 Å². The summed E-state index contributed by atoms with van der Waals surface area (Å²) in [6.45, 7) is 7.26. The molecule has 0 aliphatic carbocycles. The van der Waals surface area contributed by atoms with Gasteiger partial charge in [-0.2, -0.15) is 0 Å². The molecule has 1 atom stereocenters. The van der Waals surface area contributed by atoms with E-state index in [1.165, 1.54) is 17.7 Å². The van der Waals surface area contributed by atoms with Crippen LogP contribution >= 0.6 is 0 Å². The number of hydrogen-bond acceptors (Lipinski definition) is 2. The van der Waals surface area contributed by atoms with Crippen molar-refractivity contribution in [2.45, 2.75) is 39.5 Å². The third kappa shape index (κ3) is 3.22. The fraction of sp³-hybridized carbons (Fsp3) is 0.611. The van der Waals surface area contributed by atoms with E-state index in [2.05, 4.69) is 42.3 Å². The summed E-state index contributed by atoms with van der Waals surface area (Å²) in [5.74, 6) is 0.441. The van der Waals surface area contributed by atoms with Crippen LogP contribution < -0.4 is 5.32 Å². The number of para-hydroxylation sites is 1. The summed E-state index contributed by atoms with van der Waals surface area (Å²) in [4.78, 5) is 14.9. The number of nitrogens with zero attached hydrogens (tertiary/aromatic N) is 1. The largest absolute Gasteiger partial charge is 0.384 e. The monoisotopic (exact) mass is 286 g/mol. The molecule has 2 heterocycles. The average Bonchev–Trinajstić information content (AvgIpc) is 2.67. The standard InChI is InChI=1S/C18H26N2O/c1-18(2)8-5-10-20(11-9-18)17(21)15-12-14-6-3-4-7-16(14)19-13-15/h3-4,6-7,15,19H,5,8-13H2,1-2H3. The molecular formula is C18H26N2O. The normalized spacial score (nSPS) is 24.7. The molecule has 21 heavy (non-hydrogen) atoms. The molecule has 0 bridgehead atoms. The molecule has 1 fully saturated rings. The molecule has 1 saturated heterocycles. The van der Waals surface area contributed by atoms with E-state index in [4.69, 9.17) is 0 Å². The molecule has 2 aliphatic heterocycles. The van der Waals surface area contributed by atoms with E-state index in [0.717, 1.165) is 38.9 Å². The Morgan fingerprint density at radius 1 is 1.24 bits per heavy atom. The fourth-order valence-corrected chi connectivity index (χ4v) is 3.52. The van der Waals surface area contributed by atoms with Crippen molar-refractivity contribution < 1.29 is 4.79 Å². The average molecular weight is 286 g/mol. The second-order valence-corrected chi connectivity index (χ2v) is 7.28. The third-order valence-electron chi connectivity index (χ3n) is 5.02. The van der Waals surface area contributed by atoms with Crippen LogP contribution in [0.5, 0.6) is 0 Å². The number of hydrogen-bond donors (Lipinski definition) is 1. The smallest absolute Gasteiger partial charge is 0.227 e. The van der Waals surface area contributed by atoms with E-state index in [1.54, 1.807) is 0 Å². The predicted octanol–water partition coefficient (Wildman–Crippen LogP) is 3.31. The van der Waals surface area contributed by atoms with Gasteiger partial charge in [-0.15, -0.1) is 0 Å². The van der Waals surface area contributed by atoms with Gasteiger partial charge in [-0.25, -0.2) is 0 Å². The Morgan fingerprint density at radius 3 is 2.90 bits per heavy atom. The molecule has 3 nitrogen and oxygen atoms in total. The maximum absolute atomic E-state index is 12.8. The first-order valence-electron chi connectivity index (χ1n) is 8.16. The zero-order valence-corrected chi connectivity index (χ0v) is 13.2. The van der Waals surface area contributed by atoms with Gasteiger partial charge in [0.25, 0.3) is 0 Å². The van der Waals surface area contributed by atoms with Crippen LogP contribution in [0.1, 0.15) is 38.7 Å². The van der Waals surface area contributed by atoms with Gasteiger partial charge in [0.1, 0.15) is 0 Å². The highest BCUT2D eigenvalue weighted by molar-refractivity contribution is 5.81. The van der Waals surface area contributed by atoms with Crippen LogP contribution in [-0.4, -0.2) is 30.4 Å². The lowest BCUT2D eigenvalue weighted by atomic mass is 9.85. The topological polar surface area (TPSA) is 32.3 Å². The second kappa shape index (κ2) is 5.70. The van der Waals surface area contributed by atoms with Crippen molar-refractivity contribution in [2.24, 2.45) is 11.3 Å². The Morgan fingerprint density at radius 2 is 2.05 bits per heavy atom. The molecule has 1 unspecified atom stereocenters. The Hall–Kier alpha value is -1.51. The lowest BCUT2D eigenvalue weighted by Gasteiger charge is -2.30. The van der Waals surface area contributed by atoms with Gasteiger partial charge in [-0.3, -0.25) is 4.79 Å². The van der Waals surface area contributed by atoms with E-state index in [-0.39, 0.29) is 5.92 Å². The maximum Gasteiger partial charge on any atom is 0.227 e. The minimum absolute atomic E-state index is 0.0983. The molecule has 3 heteroatoms. The van der Waals surface area contributed by atoms with E-state index in [0.29, 0.717) is 11.3 Å². The number of carbonyl (C=O) groups is 1. The van der Waals surface area contributed by atoms with Gasteiger partial charge in [-0.05, 0) is 42.7 Å². The van der Waals surface area contributed by atoms with Crippen LogP contribution in [0.15, 0.2) is 24.3 Å². The van der Waals surface area contributed by atoms with Crippen molar-refractivity contribution in [3.8, 4) is 0 Å². The van der Waals surface area contributed by atoms with Gasteiger partial charge in [0.05, 0.1) is 5.92 Å². The van der Waals surface area contributed by atoms with Crippen molar-refractivity contribution in [1.29, 1.82) is 0 Å². The van der Waals surface area contributed by atoms with E-state index >= 15 is 0 Å². The summed E-state index contributed by atoms with van der Waals surface area (Å²) in [7, 11) is 0. The summed E-state index contributed by atoms with van der Waals surface area (Å²) in [5, 5.41) is 3.42. The number of likely N-dealkylation sites (tertiary alicyclic amines) is 1. The lowest BCUT2D eigenvalue weighted by molar-refractivity contribution is -0.135. The Bertz CT molecular complexity index is 524. The van der Waals surface area contributed by atoms with Gasteiger partial charge in [-0.1, -0.05) is 32.0 Å². The molecule has 0 aromatic heterocycles. The molecule has 1 N–H and O–H groups in total. The van der Waals surface area contributed by atoms with Gasteiger partial charge < -0.3 is 10.2 Å². The van der Waals surface area contributed by atoms with Gasteiger partial charge in [0.2, 0.25) is 5.91 Å². The molecular weight excluding hydrogens is 260 g/mol. The zero-order valence-electron chi connectivity index (χ0n) is 13.2. The highest BCUT2D eigenvalue weighted by Crippen LogP contribution is 2.31. The molecule has 3 rings (SSSR count). The number of rotatable bonds is 1. The number of benzene rings is 1. The second-order valence-electron chi connectivity index (χ2n) is 7.28. The SMILES string of the molecule is CC1(C)CCCN(C(=O)C2CNc3ccccc3C2)CC1. The molecule has 1 amide bonds. The molecule has 2 aliphatic rings. The van der Waals surface area contributed by atoms with Gasteiger partial charge in [0.15, 0.2) is 0 Å². The molecule has 0 radical (unpaired) electrons. The minimum Gasteiger partial charge on any atom is -0.384 e. The molecule has 0 saturated carbocycles. The Balaban J connectivity index is 1.66. The van der Waals surface area contributed by atoms with Crippen LogP contribution in [0.25, 0.3) is 0 Å². The van der Waals surface area contributed by atoms with E-state index < -0.39 is 0 Å². The highest BCUT2D eigenvalue weighted by Gasteiger charge is 2.31. The zero-order chi connectivity index (χ0) is 14.9. The maximum atomic E-state index is 12.8. The number of fused-ring (bicyclic) bond motifs is 1. The molecule has 114 valence electrons. The number of carbonyl (C=O) groups excluding carboxylic acids is 1. The molecule has 0 spiro atoms. The van der Waals surface area contributed by atoms with Gasteiger partial charge >= 0.3 is 0 Å². The number of anilines is 1. The predicted molar refractivity (Wildman–Crippen MR) is 86.3 cm³/mol. The van der Waals surface area contributed by atoms with Crippen molar-refractivity contribution in [3.63, 3.8) is 0 Å². The summed E-state index contributed by atoms with van der Waals surface area (Å²) >= 11 is 0. The highest BCUT2D eigenvalue weighted by atomic mass is 16.2. The van der Waals surface area contributed by atoms with Crippen molar-refractivity contribution in [1.82, 2.24) is 4.90 Å². The summed E-state index contributed by atoms with van der Waals surface area (Å²) < 4.78 is 0. The van der Waals surface area contributed by atoms with Crippen molar-refractivity contribution >= 4 is 11.6 Å². The molecule has 1 aromatic rings. The van der Waals surface area contributed by atoms with Gasteiger partial charge in [0, 0.05) is 25.3 Å². The van der Waals surface area contributed by atoms with Crippen LogP contribution in [0.3, 0.4) is 0 Å². The Labute approximate surface area is 127 Å². The summed E-state index contributed by atoms with van der Waals surface area (Å²) in [6.07, 6.45) is 4.36. The first-order valence-corrected chi connectivity index (χ1v) is 8.16.